The predicted molar refractivity (Wildman–Crippen MR) is 71.6 cm³/mol. The third-order valence-corrected chi connectivity index (χ3v) is 3.96. The molecule has 5 heteroatoms. The zero-order chi connectivity index (χ0) is 11.8. The standard InChI is InChI=1S/C11H19NO2S2/c1-14-10-4-6-16-11(10)7-12-9(3-5-13)8-15-2/h4,6,9,12-13H,3,5,7-8H2,1-2H3. The van der Waals surface area contributed by atoms with Gasteiger partial charge in [-0.3, -0.25) is 0 Å². The van der Waals surface area contributed by atoms with Gasteiger partial charge >= 0.3 is 0 Å². The number of methoxy groups -OCH3 is 1. The van der Waals surface area contributed by atoms with Crippen LogP contribution in [0.5, 0.6) is 5.75 Å². The second kappa shape index (κ2) is 7.95. The number of aliphatic hydroxyl groups excluding tert-OH is 1. The van der Waals surface area contributed by atoms with Crippen LogP contribution in [0.15, 0.2) is 11.4 Å². The summed E-state index contributed by atoms with van der Waals surface area (Å²) in [5.41, 5.74) is 0. The summed E-state index contributed by atoms with van der Waals surface area (Å²) in [6, 6.07) is 2.35. The van der Waals surface area contributed by atoms with Crippen molar-refractivity contribution in [2.45, 2.75) is 19.0 Å². The molecule has 0 spiro atoms. The summed E-state index contributed by atoms with van der Waals surface area (Å²) in [6.45, 7) is 1.05. The molecule has 0 fully saturated rings. The molecule has 3 nitrogen and oxygen atoms in total. The van der Waals surface area contributed by atoms with E-state index in [1.807, 2.05) is 11.4 Å². The van der Waals surface area contributed by atoms with Gasteiger partial charge in [-0.1, -0.05) is 0 Å². The van der Waals surface area contributed by atoms with E-state index in [2.05, 4.69) is 11.6 Å². The summed E-state index contributed by atoms with van der Waals surface area (Å²) in [5, 5.41) is 14.4. The number of rotatable bonds is 8. The predicted octanol–water partition coefficient (Wildman–Crippen LogP) is 1.96. The average Bonchev–Trinajstić information content (AvgIpc) is 2.74. The Kier molecular flexibility index (Phi) is 6.87. The van der Waals surface area contributed by atoms with Gasteiger partial charge in [0.25, 0.3) is 0 Å². The normalized spacial score (nSPS) is 12.7. The lowest BCUT2D eigenvalue weighted by atomic mass is 10.2. The molecule has 16 heavy (non-hydrogen) atoms. The van der Waals surface area contributed by atoms with Crippen LogP contribution in [0.4, 0.5) is 0 Å². The average molecular weight is 261 g/mol. The van der Waals surface area contributed by atoms with Crippen molar-refractivity contribution in [3.05, 3.63) is 16.3 Å². The summed E-state index contributed by atoms with van der Waals surface area (Å²) in [7, 11) is 1.69. The van der Waals surface area contributed by atoms with Crippen LogP contribution in [0.25, 0.3) is 0 Å². The second-order valence-electron chi connectivity index (χ2n) is 3.46. The van der Waals surface area contributed by atoms with Crippen molar-refractivity contribution in [2.75, 3.05) is 25.7 Å². The van der Waals surface area contributed by atoms with Crippen molar-refractivity contribution >= 4 is 23.1 Å². The largest absolute Gasteiger partial charge is 0.496 e. The van der Waals surface area contributed by atoms with Crippen molar-refractivity contribution in [2.24, 2.45) is 0 Å². The highest BCUT2D eigenvalue weighted by Gasteiger charge is 2.09. The fraction of sp³-hybridized carbons (Fsp3) is 0.636. The van der Waals surface area contributed by atoms with Crippen LogP contribution in [0.3, 0.4) is 0 Å². The van der Waals surface area contributed by atoms with Crippen LogP contribution in [0.1, 0.15) is 11.3 Å². The van der Waals surface area contributed by atoms with Crippen molar-refractivity contribution in [3.8, 4) is 5.75 Å². The maximum Gasteiger partial charge on any atom is 0.134 e. The monoisotopic (exact) mass is 261 g/mol. The number of hydrogen-bond donors (Lipinski definition) is 2. The van der Waals surface area contributed by atoms with E-state index in [1.54, 1.807) is 30.2 Å². The molecule has 0 aromatic carbocycles. The van der Waals surface area contributed by atoms with Gasteiger partial charge in [0.1, 0.15) is 5.75 Å². The number of ether oxygens (including phenoxy) is 1. The Balaban J connectivity index is 2.41. The van der Waals surface area contributed by atoms with Gasteiger partial charge in [0, 0.05) is 24.9 Å². The van der Waals surface area contributed by atoms with Crippen LogP contribution >= 0.6 is 23.1 Å². The topological polar surface area (TPSA) is 41.5 Å². The maximum absolute atomic E-state index is 8.95. The second-order valence-corrected chi connectivity index (χ2v) is 5.37. The molecule has 2 N–H and O–H groups in total. The Bertz CT molecular complexity index is 285. The quantitative estimate of drug-likeness (QED) is 0.750. The van der Waals surface area contributed by atoms with E-state index in [4.69, 9.17) is 9.84 Å². The first-order valence-corrected chi connectivity index (χ1v) is 7.52. The zero-order valence-electron chi connectivity index (χ0n) is 9.73. The van der Waals surface area contributed by atoms with E-state index >= 15 is 0 Å². The SMILES string of the molecule is COc1ccsc1CNC(CCO)CSC. The molecule has 1 rings (SSSR count). The van der Waals surface area contributed by atoms with E-state index in [-0.39, 0.29) is 6.61 Å². The molecule has 0 saturated carbocycles. The first-order valence-electron chi connectivity index (χ1n) is 5.25. The molecule has 1 aromatic heterocycles. The molecular formula is C11H19NO2S2. The van der Waals surface area contributed by atoms with Crippen LogP contribution in [-0.4, -0.2) is 36.9 Å². The van der Waals surface area contributed by atoms with Crippen molar-refractivity contribution in [1.29, 1.82) is 0 Å². The summed E-state index contributed by atoms with van der Waals surface area (Å²) >= 11 is 3.49. The number of aliphatic hydroxyl groups is 1. The molecule has 0 aliphatic rings. The minimum absolute atomic E-state index is 0.236. The zero-order valence-corrected chi connectivity index (χ0v) is 11.4. The van der Waals surface area contributed by atoms with Gasteiger partial charge in [-0.15, -0.1) is 11.3 Å². The summed E-state index contributed by atoms with van der Waals surface area (Å²) in [4.78, 5) is 1.21. The van der Waals surface area contributed by atoms with Gasteiger partial charge in [-0.2, -0.15) is 11.8 Å². The number of thioether (sulfide) groups is 1. The molecule has 1 aromatic rings. The molecule has 1 unspecified atom stereocenters. The summed E-state index contributed by atoms with van der Waals surface area (Å²) in [5.74, 6) is 1.97. The molecule has 0 radical (unpaired) electrons. The van der Waals surface area contributed by atoms with Crippen molar-refractivity contribution in [3.63, 3.8) is 0 Å². The van der Waals surface area contributed by atoms with Crippen LogP contribution in [-0.2, 0) is 6.54 Å². The molecule has 0 saturated heterocycles. The smallest absolute Gasteiger partial charge is 0.134 e. The summed E-state index contributed by atoms with van der Waals surface area (Å²) < 4.78 is 5.25. The van der Waals surface area contributed by atoms with Crippen LogP contribution < -0.4 is 10.1 Å². The van der Waals surface area contributed by atoms with Gasteiger partial charge in [0.05, 0.1) is 12.0 Å². The van der Waals surface area contributed by atoms with Crippen molar-refractivity contribution < 1.29 is 9.84 Å². The number of hydrogen-bond acceptors (Lipinski definition) is 5. The fourth-order valence-electron chi connectivity index (χ4n) is 1.48. The van der Waals surface area contributed by atoms with Crippen LogP contribution in [0.2, 0.25) is 0 Å². The molecule has 1 heterocycles. The first kappa shape index (κ1) is 13.8. The van der Waals surface area contributed by atoms with E-state index in [9.17, 15) is 0 Å². The molecular weight excluding hydrogens is 242 g/mol. The van der Waals surface area contributed by atoms with E-state index in [0.29, 0.717) is 6.04 Å². The third kappa shape index (κ3) is 4.33. The number of thiophene rings is 1. The lowest BCUT2D eigenvalue weighted by Gasteiger charge is -2.16. The Morgan fingerprint density at radius 3 is 3.06 bits per heavy atom. The van der Waals surface area contributed by atoms with Crippen molar-refractivity contribution in [1.82, 2.24) is 5.32 Å². The first-order chi connectivity index (χ1) is 7.81. The number of nitrogens with one attached hydrogen (secondary N) is 1. The van der Waals surface area contributed by atoms with Gasteiger partial charge in [0.2, 0.25) is 0 Å². The molecule has 0 amide bonds. The molecule has 92 valence electrons. The van der Waals surface area contributed by atoms with E-state index < -0.39 is 0 Å². The van der Waals surface area contributed by atoms with Gasteiger partial charge in [-0.05, 0) is 24.1 Å². The maximum atomic E-state index is 8.95. The highest BCUT2D eigenvalue weighted by atomic mass is 32.2. The minimum atomic E-state index is 0.236. The van der Waals surface area contributed by atoms with E-state index in [1.165, 1.54) is 4.88 Å². The highest BCUT2D eigenvalue weighted by molar-refractivity contribution is 7.98. The van der Waals surface area contributed by atoms with Gasteiger partial charge in [-0.25, -0.2) is 0 Å². The Hall–Kier alpha value is -0.230. The highest BCUT2D eigenvalue weighted by Crippen LogP contribution is 2.24. The van der Waals surface area contributed by atoms with Crippen LogP contribution in [0, 0.1) is 0 Å². The van der Waals surface area contributed by atoms with Gasteiger partial charge < -0.3 is 15.2 Å². The van der Waals surface area contributed by atoms with E-state index in [0.717, 1.165) is 24.5 Å². The Morgan fingerprint density at radius 2 is 2.44 bits per heavy atom. The third-order valence-electron chi connectivity index (χ3n) is 2.32. The lowest BCUT2D eigenvalue weighted by molar-refractivity contribution is 0.269. The molecule has 0 aliphatic carbocycles. The molecule has 0 bridgehead atoms. The molecule has 0 aliphatic heterocycles. The molecule has 1 atom stereocenters. The van der Waals surface area contributed by atoms with Gasteiger partial charge in [0.15, 0.2) is 0 Å². The Labute approximate surface area is 105 Å². The Morgan fingerprint density at radius 1 is 1.62 bits per heavy atom. The fourth-order valence-corrected chi connectivity index (χ4v) is 2.95. The summed E-state index contributed by atoms with van der Waals surface area (Å²) in [6.07, 6.45) is 2.88. The lowest BCUT2D eigenvalue weighted by Crippen LogP contribution is -2.31. The minimum Gasteiger partial charge on any atom is -0.496 e.